The molecule has 0 radical (unpaired) electrons. The van der Waals surface area contributed by atoms with E-state index in [1.807, 2.05) is 12.1 Å². The lowest BCUT2D eigenvalue weighted by Gasteiger charge is -2.34. The number of nitrogens with two attached hydrogens (primary N) is 1. The molecule has 2 aliphatic rings. The van der Waals surface area contributed by atoms with Crippen LogP contribution in [-0.2, 0) is 19.5 Å². The zero-order valence-electron chi connectivity index (χ0n) is 17.9. The molecule has 0 aromatic carbocycles. The Labute approximate surface area is 178 Å². The summed E-state index contributed by atoms with van der Waals surface area (Å²) in [6, 6.07) is 8.38. The van der Waals surface area contributed by atoms with Crippen molar-refractivity contribution >= 4 is 5.91 Å². The molecule has 2 aliphatic heterocycles. The number of ether oxygens (including phenoxy) is 1. The average molecular weight is 410 g/mol. The summed E-state index contributed by atoms with van der Waals surface area (Å²) in [4.78, 5) is 25.0. The first kappa shape index (κ1) is 20.8. The number of piperidine rings is 1. The molecule has 2 aromatic heterocycles. The van der Waals surface area contributed by atoms with Crippen LogP contribution in [0.4, 0.5) is 0 Å². The van der Waals surface area contributed by atoms with E-state index in [0.29, 0.717) is 11.7 Å². The zero-order chi connectivity index (χ0) is 21.1. The average Bonchev–Trinajstić information content (AvgIpc) is 2.74. The van der Waals surface area contributed by atoms with E-state index in [9.17, 15) is 4.79 Å². The number of carbonyl (C=O) groups excluding carboxylic acids is 1. The van der Waals surface area contributed by atoms with Crippen LogP contribution in [0, 0.1) is 0 Å². The Balaban J connectivity index is 1.32. The predicted octanol–water partition coefficient (Wildman–Crippen LogP) is 2.39. The Kier molecular flexibility index (Phi) is 6.29. The van der Waals surface area contributed by atoms with Crippen molar-refractivity contribution in [3.63, 3.8) is 0 Å². The van der Waals surface area contributed by atoms with E-state index in [-0.39, 0.29) is 6.10 Å². The maximum Gasteiger partial charge on any atom is 0.267 e. The molecule has 0 unspecified atom stereocenters. The summed E-state index contributed by atoms with van der Waals surface area (Å²) in [5.74, 6) is 0.263. The van der Waals surface area contributed by atoms with Gasteiger partial charge in [0.1, 0.15) is 11.8 Å². The molecular weight excluding hydrogens is 378 g/mol. The largest absolute Gasteiger partial charge is 0.474 e. The van der Waals surface area contributed by atoms with Gasteiger partial charge in [0.25, 0.3) is 5.91 Å². The van der Waals surface area contributed by atoms with Gasteiger partial charge in [0, 0.05) is 57.4 Å². The minimum absolute atomic E-state index is 0.265. The number of carbonyl (C=O) groups is 1. The van der Waals surface area contributed by atoms with E-state index in [2.05, 4.69) is 34.7 Å². The van der Waals surface area contributed by atoms with E-state index in [1.54, 1.807) is 12.3 Å². The number of pyridine rings is 2. The molecule has 2 aromatic rings. The summed E-state index contributed by atoms with van der Waals surface area (Å²) in [6.07, 6.45) is 5.03. The molecule has 0 aliphatic carbocycles. The molecule has 2 N–H and O–H groups in total. The summed E-state index contributed by atoms with van der Waals surface area (Å²) in [5.41, 5.74) is 9.03. The van der Waals surface area contributed by atoms with Crippen molar-refractivity contribution in [1.82, 2.24) is 19.8 Å². The number of nitrogens with zero attached hydrogens (tertiary/aromatic N) is 4. The van der Waals surface area contributed by atoms with Gasteiger partial charge in [0.15, 0.2) is 0 Å². The molecule has 4 rings (SSSR count). The first-order valence-corrected chi connectivity index (χ1v) is 10.8. The van der Waals surface area contributed by atoms with Crippen molar-refractivity contribution < 1.29 is 9.53 Å². The highest BCUT2D eigenvalue weighted by Crippen LogP contribution is 2.24. The molecule has 160 valence electrons. The first-order valence-electron chi connectivity index (χ1n) is 10.8. The first-order chi connectivity index (χ1) is 14.5. The highest BCUT2D eigenvalue weighted by Gasteiger charge is 2.23. The van der Waals surface area contributed by atoms with E-state index in [1.165, 1.54) is 5.56 Å². The molecule has 1 saturated heterocycles. The Morgan fingerprint density at radius 1 is 1.20 bits per heavy atom. The highest BCUT2D eigenvalue weighted by atomic mass is 16.5. The van der Waals surface area contributed by atoms with Gasteiger partial charge in [-0.05, 0) is 43.9 Å². The lowest BCUT2D eigenvalue weighted by atomic mass is 10.0. The van der Waals surface area contributed by atoms with Gasteiger partial charge in [-0.3, -0.25) is 14.7 Å². The van der Waals surface area contributed by atoms with Gasteiger partial charge < -0.3 is 15.4 Å². The summed E-state index contributed by atoms with van der Waals surface area (Å²) in [6.45, 7) is 9.28. The molecule has 7 nitrogen and oxygen atoms in total. The number of hydrogen-bond donors (Lipinski definition) is 1. The van der Waals surface area contributed by atoms with E-state index < -0.39 is 5.91 Å². The van der Waals surface area contributed by atoms with Gasteiger partial charge in [0.05, 0.1) is 5.69 Å². The molecule has 0 spiro atoms. The van der Waals surface area contributed by atoms with E-state index >= 15 is 0 Å². The van der Waals surface area contributed by atoms with Crippen LogP contribution in [0.5, 0.6) is 5.88 Å². The standard InChI is InChI=1S/C23H31N5O2/c1-16(2)28-11-7-19(8-12-28)30-22-6-4-18-15-27(10-9-20(18)26-22)14-17-3-5-21(23(24)29)25-13-17/h3-6,13,16,19H,7-12,14-15H2,1-2H3,(H2,24,29). The highest BCUT2D eigenvalue weighted by molar-refractivity contribution is 5.90. The smallest absolute Gasteiger partial charge is 0.267 e. The van der Waals surface area contributed by atoms with Crippen LogP contribution in [0.15, 0.2) is 30.5 Å². The number of fused-ring (bicyclic) bond motifs is 1. The van der Waals surface area contributed by atoms with Crippen LogP contribution < -0.4 is 10.5 Å². The molecule has 7 heteroatoms. The lowest BCUT2D eigenvalue weighted by Crippen LogP contribution is -2.41. The third-order valence-corrected chi connectivity index (χ3v) is 6.08. The Bertz CT molecular complexity index is 876. The monoisotopic (exact) mass is 409 g/mol. The summed E-state index contributed by atoms with van der Waals surface area (Å²) in [7, 11) is 0. The van der Waals surface area contributed by atoms with Gasteiger partial charge in [-0.15, -0.1) is 0 Å². The van der Waals surface area contributed by atoms with Crippen LogP contribution in [0.3, 0.4) is 0 Å². The number of hydrogen-bond acceptors (Lipinski definition) is 6. The van der Waals surface area contributed by atoms with Gasteiger partial charge in [0.2, 0.25) is 5.88 Å². The summed E-state index contributed by atoms with van der Waals surface area (Å²) < 4.78 is 6.21. The molecule has 0 atom stereocenters. The topological polar surface area (TPSA) is 84.6 Å². The normalized spacial score (nSPS) is 18.4. The van der Waals surface area contributed by atoms with Gasteiger partial charge >= 0.3 is 0 Å². The van der Waals surface area contributed by atoms with Crippen molar-refractivity contribution in [2.75, 3.05) is 19.6 Å². The van der Waals surface area contributed by atoms with E-state index in [0.717, 1.165) is 69.1 Å². The quantitative estimate of drug-likeness (QED) is 0.789. The van der Waals surface area contributed by atoms with Gasteiger partial charge in [-0.25, -0.2) is 4.98 Å². The minimum atomic E-state index is -0.497. The summed E-state index contributed by atoms with van der Waals surface area (Å²) in [5, 5.41) is 0. The fourth-order valence-corrected chi connectivity index (χ4v) is 4.26. The lowest BCUT2D eigenvalue weighted by molar-refractivity contribution is 0.0809. The fraction of sp³-hybridized carbons (Fsp3) is 0.522. The van der Waals surface area contributed by atoms with Crippen molar-refractivity contribution in [3.8, 4) is 5.88 Å². The number of likely N-dealkylation sites (tertiary alicyclic amines) is 1. The van der Waals surface area contributed by atoms with Crippen molar-refractivity contribution in [3.05, 3.63) is 53.0 Å². The number of rotatable bonds is 6. The van der Waals surface area contributed by atoms with Gasteiger partial charge in [-0.2, -0.15) is 0 Å². The van der Waals surface area contributed by atoms with Crippen LogP contribution in [-0.4, -0.2) is 57.5 Å². The number of amides is 1. The molecule has 30 heavy (non-hydrogen) atoms. The van der Waals surface area contributed by atoms with Crippen LogP contribution in [0.2, 0.25) is 0 Å². The Morgan fingerprint density at radius 3 is 2.67 bits per heavy atom. The third-order valence-electron chi connectivity index (χ3n) is 6.08. The van der Waals surface area contributed by atoms with Gasteiger partial charge in [-0.1, -0.05) is 12.1 Å². The summed E-state index contributed by atoms with van der Waals surface area (Å²) >= 11 is 0. The van der Waals surface area contributed by atoms with Crippen molar-refractivity contribution in [2.45, 2.75) is 58.3 Å². The van der Waals surface area contributed by atoms with E-state index in [4.69, 9.17) is 15.5 Å². The second-order valence-electron chi connectivity index (χ2n) is 8.58. The Hall–Kier alpha value is -2.51. The molecule has 1 amide bonds. The molecule has 0 bridgehead atoms. The third kappa shape index (κ3) is 4.96. The molecule has 4 heterocycles. The Morgan fingerprint density at radius 2 is 2.00 bits per heavy atom. The molecular formula is C23H31N5O2. The predicted molar refractivity (Wildman–Crippen MR) is 115 cm³/mol. The maximum atomic E-state index is 11.2. The van der Waals surface area contributed by atoms with Crippen molar-refractivity contribution in [2.24, 2.45) is 5.73 Å². The SMILES string of the molecule is CC(C)N1CCC(Oc2ccc3c(n2)CCN(Cc2ccc(C(N)=O)nc2)C3)CC1. The second-order valence-corrected chi connectivity index (χ2v) is 8.58. The fourth-order valence-electron chi connectivity index (χ4n) is 4.26. The zero-order valence-corrected chi connectivity index (χ0v) is 17.9. The van der Waals surface area contributed by atoms with Crippen molar-refractivity contribution in [1.29, 1.82) is 0 Å². The molecule has 0 saturated carbocycles. The second kappa shape index (κ2) is 9.10. The number of aromatic nitrogens is 2. The van der Waals surface area contributed by atoms with Crippen LogP contribution >= 0.6 is 0 Å². The molecule has 1 fully saturated rings. The minimum Gasteiger partial charge on any atom is -0.474 e. The van der Waals surface area contributed by atoms with Crippen LogP contribution in [0.25, 0.3) is 0 Å². The number of primary amides is 1. The van der Waals surface area contributed by atoms with Crippen LogP contribution in [0.1, 0.15) is 54.0 Å². The maximum absolute atomic E-state index is 11.2.